The Morgan fingerprint density at radius 2 is 2.24 bits per heavy atom. The Bertz CT molecular complexity index is 365. The van der Waals surface area contributed by atoms with Crippen LogP contribution in [0, 0.1) is 5.92 Å². The molecule has 1 aromatic rings. The predicted molar refractivity (Wildman–Crippen MR) is 69.6 cm³/mol. The first kappa shape index (κ1) is 13.3. The molecule has 0 unspecified atom stereocenters. The second-order valence-corrected chi connectivity index (χ2v) is 4.32. The van der Waals surface area contributed by atoms with Gasteiger partial charge in [-0.25, -0.2) is 4.98 Å². The average molecular weight is 236 g/mol. The van der Waals surface area contributed by atoms with Crippen molar-refractivity contribution in [3.05, 3.63) is 18.2 Å². The van der Waals surface area contributed by atoms with Crippen LogP contribution in [0.15, 0.2) is 18.2 Å². The molecule has 17 heavy (non-hydrogen) atoms. The van der Waals surface area contributed by atoms with Gasteiger partial charge in [0.25, 0.3) is 0 Å². The highest BCUT2D eigenvalue weighted by Gasteiger charge is 2.02. The Labute approximate surface area is 102 Å². The fraction of sp³-hybridized carbons (Fsp3) is 0.500. The third-order valence-electron chi connectivity index (χ3n) is 2.14. The lowest BCUT2D eigenvalue weighted by atomic mass is 10.2. The van der Waals surface area contributed by atoms with Gasteiger partial charge in [0.05, 0.1) is 0 Å². The second kappa shape index (κ2) is 6.73. The van der Waals surface area contributed by atoms with Gasteiger partial charge in [-0.1, -0.05) is 19.9 Å². The molecule has 0 fully saturated rings. The van der Waals surface area contributed by atoms with Crippen LogP contribution >= 0.6 is 0 Å². The summed E-state index contributed by atoms with van der Waals surface area (Å²) in [5, 5.41) is 5.91. The number of nitrogens with one attached hydrogen (secondary N) is 2. The molecule has 0 aliphatic rings. The number of amides is 1. The number of hydrogen-bond acceptors (Lipinski definition) is 4. The van der Waals surface area contributed by atoms with Gasteiger partial charge in [-0.2, -0.15) is 0 Å². The summed E-state index contributed by atoms with van der Waals surface area (Å²) in [6.45, 7) is 5.40. The van der Waals surface area contributed by atoms with Crippen molar-refractivity contribution >= 4 is 17.5 Å². The molecule has 0 saturated carbocycles. The quantitative estimate of drug-likeness (QED) is 0.694. The number of nitrogens with two attached hydrogens (primary N) is 1. The predicted octanol–water partition coefficient (Wildman–Crippen LogP) is 1.24. The zero-order valence-corrected chi connectivity index (χ0v) is 10.4. The van der Waals surface area contributed by atoms with E-state index >= 15 is 0 Å². The summed E-state index contributed by atoms with van der Waals surface area (Å²) in [4.78, 5) is 15.5. The van der Waals surface area contributed by atoms with Gasteiger partial charge in [0.1, 0.15) is 11.6 Å². The van der Waals surface area contributed by atoms with E-state index in [2.05, 4.69) is 29.5 Å². The van der Waals surface area contributed by atoms with Crippen molar-refractivity contribution in [2.45, 2.75) is 20.3 Å². The van der Waals surface area contributed by atoms with Crippen LogP contribution in [0.3, 0.4) is 0 Å². The summed E-state index contributed by atoms with van der Waals surface area (Å²) in [5.41, 5.74) is 5.54. The molecule has 4 N–H and O–H groups in total. The van der Waals surface area contributed by atoms with E-state index in [0.29, 0.717) is 30.5 Å². The largest absolute Gasteiger partial charge is 0.384 e. The fourth-order valence-corrected chi connectivity index (χ4v) is 1.26. The van der Waals surface area contributed by atoms with Gasteiger partial charge in [-0.05, 0) is 18.1 Å². The maximum Gasteiger partial charge on any atom is 0.221 e. The fourth-order valence-electron chi connectivity index (χ4n) is 1.26. The van der Waals surface area contributed by atoms with Crippen molar-refractivity contribution < 1.29 is 4.79 Å². The van der Waals surface area contributed by atoms with Crippen LogP contribution < -0.4 is 16.4 Å². The highest BCUT2D eigenvalue weighted by atomic mass is 16.1. The van der Waals surface area contributed by atoms with Gasteiger partial charge in [0, 0.05) is 19.5 Å². The van der Waals surface area contributed by atoms with E-state index in [1.807, 2.05) is 12.1 Å². The molecule has 5 heteroatoms. The van der Waals surface area contributed by atoms with Gasteiger partial charge in [-0.15, -0.1) is 0 Å². The summed E-state index contributed by atoms with van der Waals surface area (Å²) >= 11 is 0. The summed E-state index contributed by atoms with van der Waals surface area (Å²) in [5.74, 6) is 1.69. The highest BCUT2D eigenvalue weighted by molar-refractivity contribution is 5.76. The van der Waals surface area contributed by atoms with Crippen LogP contribution in [-0.4, -0.2) is 24.0 Å². The third-order valence-corrected chi connectivity index (χ3v) is 2.14. The Morgan fingerprint density at radius 3 is 2.88 bits per heavy atom. The van der Waals surface area contributed by atoms with Gasteiger partial charge >= 0.3 is 0 Å². The Balaban J connectivity index is 2.21. The van der Waals surface area contributed by atoms with Crippen molar-refractivity contribution in [2.24, 2.45) is 5.92 Å². The number of nitrogen functional groups attached to an aromatic ring is 1. The van der Waals surface area contributed by atoms with Crippen molar-refractivity contribution in [2.75, 3.05) is 24.1 Å². The van der Waals surface area contributed by atoms with Crippen LogP contribution in [0.1, 0.15) is 20.3 Å². The molecule has 5 nitrogen and oxygen atoms in total. The maximum absolute atomic E-state index is 11.4. The van der Waals surface area contributed by atoms with Gasteiger partial charge < -0.3 is 16.4 Å². The molecule has 1 aromatic heterocycles. The van der Waals surface area contributed by atoms with E-state index in [4.69, 9.17) is 5.73 Å². The van der Waals surface area contributed by atoms with Crippen LogP contribution in [0.2, 0.25) is 0 Å². The minimum absolute atomic E-state index is 0.0510. The SMILES string of the molecule is CC(C)CNC(=O)CCNc1cccc(N)n1. The Hall–Kier alpha value is -1.78. The highest BCUT2D eigenvalue weighted by Crippen LogP contribution is 2.05. The van der Waals surface area contributed by atoms with Crippen LogP contribution in [0.5, 0.6) is 0 Å². The van der Waals surface area contributed by atoms with Crippen molar-refractivity contribution in [3.8, 4) is 0 Å². The minimum atomic E-state index is 0.0510. The maximum atomic E-state index is 11.4. The first-order valence-electron chi connectivity index (χ1n) is 5.81. The molecule has 0 aromatic carbocycles. The molecule has 0 bridgehead atoms. The van der Waals surface area contributed by atoms with Crippen LogP contribution in [0.4, 0.5) is 11.6 Å². The molecule has 1 rings (SSSR count). The second-order valence-electron chi connectivity index (χ2n) is 4.32. The molecule has 1 amide bonds. The summed E-state index contributed by atoms with van der Waals surface area (Å²) < 4.78 is 0. The summed E-state index contributed by atoms with van der Waals surface area (Å²) in [6, 6.07) is 5.37. The number of pyridine rings is 1. The lowest BCUT2D eigenvalue weighted by Gasteiger charge is -2.08. The smallest absolute Gasteiger partial charge is 0.221 e. The number of carbonyl (C=O) groups excluding carboxylic acids is 1. The zero-order chi connectivity index (χ0) is 12.7. The number of carbonyl (C=O) groups is 1. The monoisotopic (exact) mass is 236 g/mol. The molecule has 0 spiro atoms. The summed E-state index contributed by atoms with van der Waals surface area (Å²) in [6.07, 6.45) is 0.434. The van der Waals surface area contributed by atoms with Crippen molar-refractivity contribution in [1.29, 1.82) is 0 Å². The number of anilines is 2. The normalized spacial score (nSPS) is 10.3. The van der Waals surface area contributed by atoms with E-state index in [1.54, 1.807) is 6.07 Å². The van der Waals surface area contributed by atoms with Crippen LogP contribution in [0.25, 0.3) is 0 Å². The standard InChI is InChI=1S/C12H20N4O/c1-9(2)8-15-12(17)6-7-14-11-5-3-4-10(13)16-11/h3-5,9H,6-8H2,1-2H3,(H,15,17)(H3,13,14,16). The molecule has 0 radical (unpaired) electrons. The Kier molecular flexibility index (Phi) is 5.26. The van der Waals surface area contributed by atoms with E-state index in [0.717, 1.165) is 6.54 Å². The lowest BCUT2D eigenvalue weighted by molar-refractivity contribution is -0.120. The number of aromatic nitrogens is 1. The number of nitrogens with zero attached hydrogens (tertiary/aromatic N) is 1. The van der Waals surface area contributed by atoms with Gasteiger partial charge in [0.15, 0.2) is 0 Å². The Morgan fingerprint density at radius 1 is 1.47 bits per heavy atom. The minimum Gasteiger partial charge on any atom is -0.384 e. The number of hydrogen-bond donors (Lipinski definition) is 3. The first-order chi connectivity index (χ1) is 8.08. The molecule has 0 aliphatic heterocycles. The number of rotatable bonds is 6. The molecule has 0 atom stereocenters. The van der Waals surface area contributed by atoms with Crippen molar-refractivity contribution in [3.63, 3.8) is 0 Å². The topological polar surface area (TPSA) is 80.0 Å². The zero-order valence-electron chi connectivity index (χ0n) is 10.4. The summed E-state index contributed by atoms with van der Waals surface area (Å²) in [7, 11) is 0. The lowest BCUT2D eigenvalue weighted by Crippen LogP contribution is -2.28. The van der Waals surface area contributed by atoms with Crippen molar-refractivity contribution in [1.82, 2.24) is 10.3 Å². The molecule has 94 valence electrons. The van der Waals surface area contributed by atoms with E-state index in [9.17, 15) is 4.79 Å². The average Bonchev–Trinajstić information content (AvgIpc) is 2.26. The van der Waals surface area contributed by atoms with Gasteiger partial charge in [0.2, 0.25) is 5.91 Å². The van der Waals surface area contributed by atoms with E-state index in [1.165, 1.54) is 0 Å². The molecular formula is C12H20N4O. The third kappa shape index (κ3) is 5.75. The molecular weight excluding hydrogens is 216 g/mol. The van der Waals surface area contributed by atoms with E-state index in [-0.39, 0.29) is 5.91 Å². The van der Waals surface area contributed by atoms with Crippen LogP contribution in [-0.2, 0) is 4.79 Å². The molecule has 0 saturated heterocycles. The molecule has 0 aliphatic carbocycles. The van der Waals surface area contributed by atoms with Gasteiger partial charge in [-0.3, -0.25) is 4.79 Å². The molecule has 1 heterocycles. The first-order valence-corrected chi connectivity index (χ1v) is 5.81. The van der Waals surface area contributed by atoms with E-state index < -0.39 is 0 Å².